The van der Waals surface area contributed by atoms with Crippen LogP contribution in [-0.4, -0.2) is 42.3 Å². The van der Waals surface area contributed by atoms with Crippen LogP contribution in [-0.2, 0) is 4.74 Å². The Morgan fingerprint density at radius 3 is 2.62 bits per heavy atom. The SMILES string of the molecule is COCCOc1cc(N)c(C(=N)c2cc(-c3ccc(C(=O)O)cc3)no2)cc1F. The molecule has 1 heterocycles. The van der Waals surface area contributed by atoms with Crippen LogP contribution in [0.3, 0.4) is 0 Å². The van der Waals surface area contributed by atoms with Gasteiger partial charge in [-0.3, -0.25) is 5.41 Å². The lowest BCUT2D eigenvalue weighted by Crippen LogP contribution is -2.09. The fourth-order valence-electron chi connectivity index (χ4n) is 2.58. The van der Waals surface area contributed by atoms with E-state index in [1.165, 1.54) is 31.4 Å². The van der Waals surface area contributed by atoms with Crippen molar-refractivity contribution in [2.45, 2.75) is 0 Å². The molecule has 0 aliphatic carbocycles. The molecule has 0 fully saturated rings. The molecular formula is C20H18FN3O5. The van der Waals surface area contributed by atoms with Gasteiger partial charge in [0.2, 0.25) is 0 Å². The minimum atomic E-state index is -1.04. The average Bonchev–Trinajstić information content (AvgIpc) is 3.20. The summed E-state index contributed by atoms with van der Waals surface area (Å²) < 4.78 is 29.6. The fraction of sp³-hybridized carbons (Fsp3) is 0.150. The molecule has 0 saturated heterocycles. The van der Waals surface area contributed by atoms with Gasteiger partial charge in [0.1, 0.15) is 18.0 Å². The number of aromatic nitrogens is 1. The first-order valence-corrected chi connectivity index (χ1v) is 8.51. The van der Waals surface area contributed by atoms with Crippen LogP contribution < -0.4 is 10.5 Å². The van der Waals surface area contributed by atoms with E-state index >= 15 is 0 Å². The minimum Gasteiger partial charge on any atom is -0.488 e. The maximum absolute atomic E-state index is 14.3. The van der Waals surface area contributed by atoms with E-state index < -0.39 is 11.8 Å². The first-order chi connectivity index (χ1) is 13.9. The molecule has 0 aliphatic heterocycles. The van der Waals surface area contributed by atoms with Gasteiger partial charge in [-0.25, -0.2) is 9.18 Å². The lowest BCUT2D eigenvalue weighted by atomic mass is 10.0. The monoisotopic (exact) mass is 399 g/mol. The van der Waals surface area contributed by atoms with Gasteiger partial charge in [0.05, 0.1) is 12.2 Å². The van der Waals surface area contributed by atoms with Crippen LogP contribution in [0.5, 0.6) is 5.75 Å². The Labute approximate surface area is 165 Å². The Bertz CT molecular complexity index is 1050. The molecule has 0 atom stereocenters. The first-order valence-electron chi connectivity index (χ1n) is 8.51. The van der Waals surface area contributed by atoms with Gasteiger partial charge in [0, 0.05) is 36.1 Å². The number of carbonyl (C=O) groups is 1. The second-order valence-corrected chi connectivity index (χ2v) is 6.05. The number of carboxylic acids is 1. The van der Waals surface area contributed by atoms with Crippen molar-refractivity contribution < 1.29 is 28.3 Å². The van der Waals surface area contributed by atoms with Crippen molar-refractivity contribution in [2.75, 3.05) is 26.1 Å². The van der Waals surface area contributed by atoms with Crippen LogP contribution in [0.25, 0.3) is 11.3 Å². The zero-order chi connectivity index (χ0) is 21.0. The number of hydrogen-bond acceptors (Lipinski definition) is 7. The molecule has 0 saturated carbocycles. The molecule has 29 heavy (non-hydrogen) atoms. The van der Waals surface area contributed by atoms with Crippen LogP contribution in [0.2, 0.25) is 0 Å². The number of nitrogens with zero attached hydrogens (tertiary/aromatic N) is 1. The predicted molar refractivity (Wildman–Crippen MR) is 103 cm³/mol. The molecule has 1 aromatic heterocycles. The fourth-order valence-corrected chi connectivity index (χ4v) is 2.58. The van der Waals surface area contributed by atoms with Crippen molar-refractivity contribution in [3.05, 3.63) is 65.2 Å². The number of carboxylic acid groups (broad SMARTS) is 1. The van der Waals surface area contributed by atoms with E-state index in [1.807, 2.05) is 0 Å². The number of nitrogen functional groups attached to an aromatic ring is 1. The smallest absolute Gasteiger partial charge is 0.335 e. The molecule has 0 aliphatic rings. The lowest BCUT2D eigenvalue weighted by molar-refractivity contribution is 0.0697. The number of methoxy groups -OCH3 is 1. The number of benzene rings is 2. The van der Waals surface area contributed by atoms with E-state index in [0.717, 1.165) is 6.07 Å². The highest BCUT2D eigenvalue weighted by atomic mass is 19.1. The molecule has 0 amide bonds. The van der Waals surface area contributed by atoms with E-state index in [2.05, 4.69) is 5.16 Å². The second kappa shape index (κ2) is 8.53. The standard InChI is InChI=1S/C20H18FN3O5/c1-27-6-7-28-17-9-15(22)13(8-14(17)21)19(23)18-10-16(24-29-18)11-2-4-12(5-3-11)20(25)26/h2-5,8-10,23H,6-7,22H2,1H3,(H,25,26). The molecule has 2 aromatic carbocycles. The Morgan fingerprint density at radius 1 is 1.24 bits per heavy atom. The molecule has 9 heteroatoms. The van der Waals surface area contributed by atoms with Gasteiger partial charge in [-0.05, 0) is 18.2 Å². The summed E-state index contributed by atoms with van der Waals surface area (Å²) in [5.74, 6) is -1.65. The Balaban J connectivity index is 1.82. The summed E-state index contributed by atoms with van der Waals surface area (Å²) in [4.78, 5) is 10.9. The summed E-state index contributed by atoms with van der Waals surface area (Å²) in [5.41, 5.74) is 7.24. The van der Waals surface area contributed by atoms with Crippen LogP contribution in [0.15, 0.2) is 47.0 Å². The number of hydrogen-bond donors (Lipinski definition) is 3. The normalized spacial score (nSPS) is 10.7. The summed E-state index contributed by atoms with van der Waals surface area (Å²) in [6.07, 6.45) is 0. The molecular weight excluding hydrogens is 381 g/mol. The second-order valence-electron chi connectivity index (χ2n) is 6.05. The zero-order valence-corrected chi connectivity index (χ0v) is 15.4. The van der Waals surface area contributed by atoms with Crippen molar-refractivity contribution >= 4 is 17.4 Å². The maximum Gasteiger partial charge on any atom is 0.335 e. The van der Waals surface area contributed by atoms with Crippen molar-refractivity contribution in [1.82, 2.24) is 5.16 Å². The van der Waals surface area contributed by atoms with E-state index in [9.17, 15) is 9.18 Å². The molecule has 0 radical (unpaired) electrons. The molecule has 3 rings (SSSR count). The number of nitrogens with one attached hydrogen (secondary N) is 1. The van der Waals surface area contributed by atoms with Gasteiger partial charge < -0.3 is 24.8 Å². The van der Waals surface area contributed by atoms with Gasteiger partial charge in [0.25, 0.3) is 0 Å². The third-order valence-electron chi connectivity index (χ3n) is 4.10. The van der Waals surface area contributed by atoms with Crippen molar-refractivity contribution in [3.8, 4) is 17.0 Å². The summed E-state index contributed by atoms with van der Waals surface area (Å²) in [5, 5.41) is 21.1. The van der Waals surface area contributed by atoms with Gasteiger partial charge in [-0.2, -0.15) is 0 Å². The molecule has 0 bridgehead atoms. The van der Waals surface area contributed by atoms with Gasteiger partial charge in [0.15, 0.2) is 17.3 Å². The minimum absolute atomic E-state index is 0.0344. The number of rotatable bonds is 8. The number of anilines is 1. The summed E-state index contributed by atoms with van der Waals surface area (Å²) in [6, 6.07) is 9.93. The molecule has 0 unspecified atom stereocenters. The third kappa shape index (κ3) is 4.41. The van der Waals surface area contributed by atoms with Gasteiger partial charge in [-0.15, -0.1) is 0 Å². The Hall–Kier alpha value is -3.72. The van der Waals surface area contributed by atoms with E-state index in [0.29, 0.717) is 17.9 Å². The van der Waals surface area contributed by atoms with Crippen molar-refractivity contribution in [1.29, 1.82) is 5.41 Å². The van der Waals surface area contributed by atoms with Crippen LogP contribution in [0.1, 0.15) is 21.7 Å². The summed E-state index contributed by atoms with van der Waals surface area (Å²) in [7, 11) is 1.50. The third-order valence-corrected chi connectivity index (χ3v) is 4.10. The molecule has 4 N–H and O–H groups in total. The maximum atomic E-state index is 14.3. The van der Waals surface area contributed by atoms with E-state index in [4.69, 9.17) is 30.2 Å². The zero-order valence-electron chi connectivity index (χ0n) is 15.4. The van der Waals surface area contributed by atoms with Crippen molar-refractivity contribution in [3.63, 3.8) is 0 Å². The molecule has 150 valence electrons. The highest BCUT2D eigenvalue weighted by molar-refractivity contribution is 6.12. The van der Waals surface area contributed by atoms with Crippen LogP contribution in [0.4, 0.5) is 10.1 Å². The van der Waals surface area contributed by atoms with Gasteiger partial charge in [-0.1, -0.05) is 17.3 Å². The first kappa shape index (κ1) is 20.0. The lowest BCUT2D eigenvalue weighted by Gasteiger charge is -2.11. The van der Waals surface area contributed by atoms with E-state index in [-0.39, 0.29) is 40.6 Å². The number of aromatic carboxylic acids is 1. The molecule has 0 spiro atoms. The quantitative estimate of drug-likeness (QED) is 0.301. The van der Waals surface area contributed by atoms with Gasteiger partial charge >= 0.3 is 5.97 Å². The highest BCUT2D eigenvalue weighted by Crippen LogP contribution is 2.28. The van der Waals surface area contributed by atoms with E-state index in [1.54, 1.807) is 12.1 Å². The highest BCUT2D eigenvalue weighted by Gasteiger charge is 2.18. The summed E-state index contributed by atoms with van der Waals surface area (Å²) in [6.45, 7) is 0.459. The largest absolute Gasteiger partial charge is 0.488 e. The number of nitrogens with two attached hydrogens (primary N) is 1. The topological polar surface area (TPSA) is 132 Å². The predicted octanol–water partition coefficient (Wildman–Crippen LogP) is 3.20. The van der Waals surface area contributed by atoms with Crippen molar-refractivity contribution in [2.24, 2.45) is 0 Å². The summed E-state index contributed by atoms with van der Waals surface area (Å²) >= 11 is 0. The molecule has 3 aromatic rings. The Morgan fingerprint density at radius 2 is 1.97 bits per heavy atom. The Kier molecular flexibility index (Phi) is 5.89. The number of ether oxygens (including phenoxy) is 2. The number of halogens is 1. The average molecular weight is 399 g/mol. The van der Waals surface area contributed by atoms with Crippen LogP contribution >= 0.6 is 0 Å². The molecule has 8 nitrogen and oxygen atoms in total. The van der Waals surface area contributed by atoms with Crippen LogP contribution in [0, 0.1) is 11.2 Å².